The molecule has 0 spiro atoms. The second kappa shape index (κ2) is 10.1. The Labute approximate surface area is 221 Å². The molecule has 0 unspecified atom stereocenters. The molecule has 5 N–H and O–H groups in total. The zero-order chi connectivity index (χ0) is 28.1. The van der Waals surface area contributed by atoms with Gasteiger partial charge in [0, 0.05) is 43.9 Å². The maximum absolute atomic E-state index is 15.4. The van der Waals surface area contributed by atoms with Gasteiger partial charge in [-0.1, -0.05) is 0 Å². The Morgan fingerprint density at radius 3 is 2.38 bits per heavy atom. The molecule has 2 fully saturated rings. The average Bonchev–Trinajstić information content (AvgIpc) is 3.29. The van der Waals surface area contributed by atoms with Crippen molar-refractivity contribution >= 4 is 32.8 Å². The number of nitrogens with two attached hydrogens (primary N) is 2. The van der Waals surface area contributed by atoms with E-state index in [9.17, 15) is 21.6 Å². The number of anilines is 2. The molecule has 3 aromatic rings. The second-order valence-electron chi connectivity index (χ2n) is 9.33. The summed E-state index contributed by atoms with van der Waals surface area (Å²) in [5.41, 5.74) is 8.69. The molecule has 11 nitrogen and oxygen atoms in total. The summed E-state index contributed by atoms with van der Waals surface area (Å²) in [7, 11) is -3.17. The van der Waals surface area contributed by atoms with Crippen LogP contribution >= 0.6 is 0 Å². The van der Waals surface area contributed by atoms with Crippen LogP contribution in [0.15, 0.2) is 17.0 Å². The SMILES string of the molecule is COc1cc(S(=O)(=O)N2CCC(N3CCOCC3)CC2)c(F)cc1-c1[nH]c2nc(N)nc(N)c2c1C(F)(F)F. The number of hydrogen-bond acceptors (Lipinski definition) is 9. The second-order valence-corrected chi connectivity index (χ2v) is 11.2. The van der Waals surface area contributed by atoms with Crippen molar-refractivity contribution in [1.82, 2.24) is 24.2 Å². The highest BCUT2D eigenvalue weighted by Gasteiger charge is 2.41. The number of ether oxygens (including phenoxy) is 2. The van der Waals surface area contributed by atoms with Crippen LogP contribution in [0.25, 0.3) is 22.3 Å². The number of piperidine rings is 1. The summed E-state index contributed by atoms with van der Waals surface area (Å²) in [6.07, 6.45) is -3.84. The summed E-state index contributed by atoms with van der Waals surface area (Å²) in [4.78, 5) is 11.4. The lowest BCUT2D eigenvalue weighted by Gasteiger charge is -2.39. The van der Waals surface area contributed by atoms with Crippen LogP contribution in [0.1, 0.15) is 18.4 Å². The van der Waals surface area contributed by atoms with E-state index in [1.54, 1.807) is 0 Å². The molecule has 0 bridgehead atoms. The lowest BCUT2D eigenvalue weighted by molar-refractivity contribution is -0.135. The molecule has 16 heteroatoms. The maximum Gasteiger partial charge on any atom is 0.419 e. The van der Waals surface area contributed by atoms with E-state index < -0.39 is 49.4 Å². The van der Waals surface area contributed by atoms with Gasteiger partial charge in [0.2, 0.25) is 16.0 Å². The molecule has 2 aliphatic rings. The Morgan fingerprint density at radius 2 is 1.77 bits per heavy atom. The smallest absolute Gasteiger partial charge is 0.419 e. The fourth-order valence-electron chi connectivity index (χ4n) is 5.25. The van der Waals surface area contributed by atoms with Crippen LogP contribution in [-0.4, -0.2) is 85.1 Å². The minimum atomic E-state index is -4.96. The number of methoxy groups -OCH3 is 1. The molecule has 4 heterocycles. The van der Waals surface area contributed by atoms with Gasteiger partial charge in [-0.15, -0.1) is 0 Å². The van der Waals surface area contributed by atoms with Crippen molar-refractivity contribution in [2.45, 2.75) is 30.0 Å². The Hall–Kier alpha value is -3.21. The van der Waals surface area contributed by atoms with E-state index in [0.717, 1.165) is 26.3 Å². The van der Waals surface area contributed by atoms with Crippen LogP contribution in [-0.2, 0) is 20.9 Å². The van der Waals surface area contributed by atoms with Gasteiger partial charge >= 0.3 is 6.18 Å². The summed E-state index contributed by atoms with van der Waals surface area (Å²) in [6.45, 7) is 3.12. The van der Waals surface area contributed by atoms with Crippen molar-refractivity contribution in [2.75, 3.05) is 58.0 Å². The van der Waals surface area contributed by atoms with Crippen LogP contribution in [0.3, 0.4) is 0 Å². The molecule has 0 saturated carbocycles. The molecular weight excluding hydrogens is 546 g/mol. The van der Waals surface area contributed by atoms with E-state index in [1.165, 1.54) is 4.31 Å². The molecule has 39 heavy (non-hydrogen) atoms. The minimum Gasteiger partial charge on any atom is -0.496 e. The van der Waals surface area contributed by atoms with Crippen LogP contribution in [0.4, 0.5) is 29.3 Å². The van der Waals surface area contributed by atoms with E-state index >= 15 is 4.39 Å². The van der Waals surface area contributed by atoms with E-state index in [0.29, 0.717) is 32.1 Å². The Bertz CT molecular complexity index is 1500. The fraction of sp³-hybridized carbons (Fsp3) is 0.478. The first-order valence-electron chi connectivity index (χ1n) is 12.1. The normalized spacial score (nSPS) is 18.6. The lowest BCUT2D eigenvalue weighted by Crippen LogP contribution is -2.50. The summed E-state index contributed by atoms with van der Waals surface area (Å²) < 4.78 is 96.6. The predicted octanol–water partition coefficient (Wildman–Crippen LogP) is 2.44. The van der Waals surface area contributed by atoms with Crippen molar-refractivity contribution in [3.63, 3.8) is 0 Å². The lowest BCUT2D eigenvalue weighted by atomic mass is 10.0. The van der Waals surface area contributed by atoms with Gasteiger partial charge in [-0.05, 0) is 18.9 Å². The summed E-state index contributed by atoms with van der Waals surface area (Å²) in [6, 6.07) is 1.77. The van der Waals surface area contributed by atoms with E-state index in [-0.39, 0.29) is 42.0 Å². The van der Waals surface area contributed by atoms with Crippen LogP contribution < -0.4 is 16.2 Å². The number of aromatic amines is 1. The number of sulfonamides is 1. The number of aromatic nitrogens is 3. The molecule has 212 valence electrons. The van der Waals surface area contributed by atoms with Gasteiger partial charge < -0.3 is 25.9 Å². The van der Waals surface area contributed by atoms with Crippen molar-refractivity contribution in [1.29, 1.82) is 0 Å². The van der Waals surface area contributed by atoms with Gasteiger partial charge in [-0.2, -0.15) is 27.4 Å². The number of alkyl halides is 3. The molecule has 2 aliphatic heterocycles. The predicted molar refractivity (Wildman–Crippen MR) is 134 cm³/mol. The molecule has 0 amide bonds. The number of morpholine rings is 1. The van der Waals surface area contributed by atoms with Crippen LogP contribution in [0.2, 0.25) is 0 Å². The zero-order valence-electron chi connectivity index (χ0n) is 20.9. The molecule has 1 aromatic carbocycles. The summed E-state index contributed by atoms with van der Waals surface area (Å²) in [5.74, 6) is -2.41. The molecule has 0 radical (unpaired) electrons. The van der Waals surface area contributed by atoms with Gasteiger partial charge in [-0.3, -0.25) is 4.90 Å². The van der Waals surface area contributed by atoms with Gasteiger partial charge in [0.05, 0.1) is 37.0 Å². The topological polar surface area (TPSA) is 153 Å². The Morgan fingerprint density at radius 1 is 1.10 bits per heavy atom. The van der Waals surface area contributed by atoms with Crippen LogP contribution in [0.5, 0.6) is 5.75 Å². The highest BCUT2D eigenvalue weighted by molar-refractivity contribution is 7.89. The van der Waals surface area contributed by atoms with Gasteiger partial charge in [0.1, 0.15) is 27.9 Å². The molecule has 2 saturated heterocycles. The van der Waals surface area contributed by atoms with Gasteiger partial charge in [-0.25, -0.2) is 12.8 Å². The number of fused-ring (bicyclic) bond motifs is 1. The molecule has 2 aromatic heterocycles. The number of H-pyrrole nitrogens is 1. The standard InChI is InChI=1S/C23H27F4N7O4S/c1-37-15-11-16(39(35,36)34-4-2-12(3-5-34)33-6-8-38-9-7-33)14(24)10-13(15)19-18(23(25,26)27)17-20(28)31-22(29)32-21(17)30-19/h10-12H,2-9H2,1H3,(H5,28,29,30,31,32). The largest absolute Gasteiger partial charge is 0.496 e. The number of nitrogen functional groups attached to an aromatic ring is 2. The number of rotatable bonds is 5. The average molecular weight is 574 g/mol. The third-order valence-corrected chi connectivity index (χ3v) is 9.02. The number of halogens is 4. The van der Waals surface area contributed by atoms with Crippen molar-refractivity contribution < 1.29 is 35.5 Å². The van der Waals surface area contributed by atoms with Crippen molar-refractivity contribution in [3.05, 3.63) is 23.5 Å². The van der Waals surface area contributed by atoms with E-state index in [4.69, 9.17) is 20.9 Å². The third-order valence-electron chi connectivity index (χ3n) is 7.11. The first kappa shape index (κ1) is 27.4. The quantitative estimate of drug-likeness (QED) is 0.391. The highest BCUT2D eigenvalue weighted by Crippen LogP contribution is 2.46. The fourth-order valence-corrected chi connectivity index (χ4v) is 6.78. The van der Waals surface area contributed by atoms with Gasteiger partial charge in [0.25, 0.3) is 0 Å². The first-order valence-corrected chi connectivity index (χ1v) is 13.6. The first-order chi connectivity index (χ1) is 18.4. The van der Waals surface area contributed by atoms with E-state index in [2.05, 4.69) is 19.9 Å². The van der Waals surface area contributed by atoms with E-state index in [1.807, 2.05) is 0 Å². The van der Waals surface area contributed by atoms with Gasteiger partial charge in [0.15, 0.2) is 0 Å². The number of hydrogen-bond donors (Lipinski definition) is 3. The maximum atomic E-state index is 15.4. The van der Waals surface area contributed by atoms with Crippen molar-refractivity contribution in [2.24, 2.45) is 0 Å². The highest BCUT2D eigenvalue weighted by atomic mass is 32.2. The molecule has 0 atom stereocenters. The Kier molecular flexibility index (Phi) is 7.07. The number of nitrogens with zero attached hydrogens (tertiary/aromatic N) is 4. The summed E-state index contributed by atoms with van der Waals surface area (Å²) >= 11 is 0. The number of nitrogens with one attached hydrogen (secondary N) is 1. The summed E-state index contributed by atoms with van der Waals surface area (Å²) in [5, 5.41) is -0.547. The zero-order valence-corrected chi connectivity index (χ0v) is 21.7. The number of benzene rings is 1. The molecule has 0 aliphatic carbocycles. The van der Waals surface area contributed by atoms with Crippen molar-refractivity contribution in [3.8, 4) is 17.0 Å². The molecular formula is C23H27F4N7O4S. The Balaban J connectivity index is 1.52. The van der Waals surface area contributed by atoms with Crippen LogP contribution in [0, 0.1) is 5.82 Å². The molecule has 5 rings (SSSR count). The third kappa shape index (κ3) is 4.97. The minimum absolute atomic E-state index is 0.174. The monoisotopic (exact) mass is 573 g/mol.